The minimum absolute atomic E-state index is 0.766. The van der Waals surface area contributed by atoms with Crippen LogP contribution in [0.3, 0.4) is 0 Å². The highest BCUT2D eigenvalue weighted by Crippen LogP contribution is 2.28. The van der Waals surface area contributed by atoms with Gasteiger partial charge < -0.3 is 10.6 Å². The summed E-state index contributed by atoms with van der Waals surface area (Å²) in [4.78, 5) is 0. The van der Waals surface area contributed by atoms with E-state index in [9.17, 15) is 0 Å². The summed E-state index contributed by atoms with van der Waals surface area (Å²) in [7, 11) is 0. The minimum atomic E-state index is 0.766. The van der Waals surface area contributed by atoms with Gasteiger partial charge >= 0.3 is 0 Å². The third-order valence-corrected chi connectivity index (χ3v) is 4.16. The summed E-state index contributed by atoms with van der Waals surface area (Å²) >= 11 is 2.03. The van der Waals surface area contributed by atoms with E-state index >= 15 is 0 Å². The van der Waals surface area contributed by atoms with Crippen LogP contribution in [0.5, 0.6) is 0 Å². The first-order valence-electron chi connectivity index (χ1n) is 4.89. The van der Waals surface area contributed by atoms with Crippen LogP contribution in [-0.2, 0) is 0 Å². The van der Waals surface area contributed by atoms with Gasteiger partial charge in [0.2, 0.25) is 0 Å². The molecule has 0 aromatic carbocycles. The van der Waals surface area contributed by atoms with Gasteiger partial charge in [0.05, 0.1) is 0 Å². The lowest BCUT2D eigenvalue weighted by atomic mass is 10.1. The summed E-state index contributed by atoms with van der Waals surface area (Å²) < 4.78 is 0. The molecule has 2 fully saturated rings. The molecule has 0 spiro atoms. The van der Waals surface area contributed by atoms with Gasteiger partial charge in [-0.05, 0) is 19.1 Å². The highest BCUT2D eigenvalue weighted by molar-refractivity contribution is 7.99. The van der Waals surface area contributed by atoms with E-state index in [2.05, 4.69) is 16.9 Å². The predicted octanol–water partition coefficient (Wildman–Crippen LogP) is 0.832. The van der Waals surface area contributed by atoms with Crippen molar-refractivity contribution in [1.29, 1.82) is 0 Å². The lowest BCUT2D eigenvalue weighted by molar-refractivity contribution is 0.331. The van der Waals surface area contributed by atoms with Crippen LogP contribution in [0.1, 0.15) is 19.3 Å². The fourth-order valence-corrected chi connectivity index (χ4v) is 3.05. The number of nitrogens with one attached hydrogen (secondary N) is 2. The van der Waals surface area contributed by atoms with Crippen molar-refractivity contribution in [2.45, 2.75) is 36.6 Å². The van der Waals surface area contributed by atoms with Crippen LogP contribution in [0, 0.1) is 0 Å². The zero-order valence-corrected chi connectivity index (χ0v) is 8.49. The second-order valence-corrected chi connectivity index (χ2v) is 4.91. The summed E-state index contributed by atoms with van der Waals surface area (Å²) in [5.74, 6) is 0. The lowest BCUT2D eigenvalue weighted by Crippen LogP contribution is -2.58. The summed E-state index contributed by atoms with van der Waals surface area (Å²) in [6.45, 7) is 2.36. The third kappa shape index (κ3) is 1.78. The minimum Gasteiger partial charge on any atom is -0.314 e. The molecule has 12 heavy (non-hydrogen) atoms. The molecule has 1 aliphatic carbocycles. The maximum Gasteiger partial charge on any atom is 0.0320 e. The van der Waals surface area contributed by atoms with Gasteiger partial charge in [-0.2, -0.15) is 11.8 Å². The van der Waals surface area contributed by atoms with Crippen LogP contribution < -0.4 is 10.6 Å². The van der Waals surface area contributed by atoms with Crippen molar-refractivity contribution in [1.82, 2.24) is 10.6 Å². The molecule has 2 atom stereocenters. The predicted molar refractivity (Wildman–Crippen MR) is 54.7 cm³/mol. The molecular formula is C9H18N2S. The van der Waals surface area contributed by atoms with Crippen molar-refractivity contribution in [2.75, 3.05) is 19.3 Å². The Hall–Kier alpha value is 0.270. The van der Waals surface area contributed by atoms with E-state index in [0.29, 0.717) is 0 Å². The van der Waals surface area contributed by atoms with E-state index in [0.717, 1.165) is 17.3 Å². The van der Waals surface area contributed by atoms with Crippen molar-refractivity contribution in [3.63, 3.8) is 0 Å². The molecule has 1 aliphatic heterocycles. The molecule has 1 saturated carbocycles. The topological polar surface area (TPSA) is 24.1 Å². The zero-order valence-electron chi connectivity index (χ0n) is 7.68. The number of hydrogen-bond acceptors (Lipinski definition) is 3. The normalized spacial score (nSPS) is 36.8. The van der Waals surface area contributed by atoms with Crippen molar-refractivity contribution in [3.05, 3.63) is 0 Å². The number of thioether (sulfide) groups is 1. The Morgan fingerprint density at radius 2 is 2.17 bits per heavy atom. The van der Waals surface area contributed by atoms with Crippen LogP contribution >= 0.6 is 11.8 Å². The van der Waals surface area contributed by atoms with Crippen LogP contribution in [0.15, 0.2) is 0 Å². The van der Waals surface area contributed by atoms with E-state index in [1.54, 1.807) is 0 Å². The number of hydrogen-bond donors (Lipinski definition) is 2. The second-order valence-electron chi connectivity index (χ2n) is 3.83. The summed E-state index contributed by atoms with van der Waals surface area (Å²) in [5.41, 5.74) is 0. The van der Waals surface area contributed by atoms with E-state index in [-0.39, 0.29) is 0 Å². The molecule has 0 radical (unpaired) electrons. The maximum absolute atomic E-state index is 3.73. The van der Waals surface area contributed by atoms with Crippen molar-refractivity contribution in [3.8, 4) is 0 Å². The zero-order chi connectivity index (χ0) is 8.39. The Balaban J connectivity index is 1.77. The quantitative estimate of drug-likeness (QED) is 0.683. The Labute approximate surface area is 78.9 Å². The molecule has 0 aromatic rings. The highest BCUT2D eigenvalue weighted by Gasteiger charge is 2.29. The molecule has 3 heteroatoms. The van der Waals surface area contributed by atoms with Crippen molar-refractivity contribution < 1.29 is 0 Å². The number of rotatable bonds is 3. The van der Waals surface area contributed by atoms with Gasteiger partial charge in [-0.3, -0.25) is 0 Å². The summed E-state index contributed by atoms with van der Waals surface area (Å²) in [6.07, 6.45) is 6.47. The molecule has 1 saturated heterocycles. The molecule has 70 valence electrons. The first kappa shape index (κ1) is 8.85. The fraction of sp³-hybridized carbons (Fsp3) is 1.00. The molecule has 1 heterocycles. The molecular weight excluding hydrogens is 168 g/mol. The van der Waals surface area contributed by atoms with Gasteiger partial charge in [0, 0.05) is 30.4 Å². The fourth-order valence-electron chi connectivity index (χ4n) is 2.11. The van der Waals surface area contributed by atoms with Gasteiger partial charge in [-0.25, -0.2) is 0 Å². The smallest absolute Gasteiger partial charge is 0.0320 e. The summed E-state index contributed by atoms with van der Waals surface area (Å²) in [5, 5.41) is 7.91. The first-order chi connectivity index (χ1) is 5.90. The standard InChI is InChI=1S/C9H18N2S/c1-12-9-4-2-3-8(9)11-7-5-10-6-7/h7-11H,2-6H2,1H3. The van der Waals surface area contributed by atoms with Gasteiger partial charge in [0.1, 0.15) is 0 Å². The van der Waals surface area contributed by atoms with Crippen molar-refractivity contribution >= 4 is 11.8 Å². The first-order valence-corrected chi connectivity index (χ1v) is 6.18. The molecule has 2 rings (SSSR count). The molecule has 0 aromatic heterocycles. The lowest BCUT2D eigenvalue weighted by Gasteiger charge is -2.33. The van der Waals surface area contributed by atoms with Gasteiger partial charge in [0.25, 0.3) is 0 Å². The van der Waals surface area contributed by atoms with Crippen LogP contribution in [0.2, 0.25) is 0 Å². The Bertz CT molecular complexity index is 147. The van der Waals surface area contributed by atoms with Crippen LogP contribution in [-0.4, -0.2) is 36.7 Å². The van der Waals surface area contributed by atoms with Gasteiger partial charge in [0.15, 0.2) is 0 Å². The Morgan fingerprint density at radius 3 is 2.75 bits per heavy atom. The SMILES string of the molecule is CSC1CCCC1NC1CNC1. The molecule has 2 nitrogen and oxygen atoms in total. The highest BCUT2D eigenvalue weighted by atomic mass is 32.2. The van der Waals surface area contributed by atoms with Crippen LogP contribution in [0.4, 0.5) is 0 Å². The maximum atomic E-state index is 3.73. The second kappa shape index (κ2) is 3.99. The van der Waals surface area contributed by atoms with E-state index in [4.69, 9.17) is 0 Å². The molecule has 0 amide bonds. The molecule has 2 aliphatic rings. The average Bonchev–Trinajstić information content (AvgIpc) is 2.43. The Morgan fingerprint density at radius 1 is 1.33 bits per heavy atom. The third-order valence-electron chi connectivity index (χ3n) is 2.99. The van der Waals surface area contributed by atoms with Gasteiger partial charge in [-0.15, -0.1) is 0 Å². The van der Waals surface area contributed by atoms with Crippen LogP contribution in [0.25, 0.3) is 0 Å². The molecule has 2 unspecified atom stereocenters. The Kier molecular flexibility index (Phi) is 2.94. The van der Waals surface area contributed by atoms with E-state index in [1.165, 1.54) is 32.4 Å². The summed E-state index contributed by atoms with van der Waals surface area (Å²) in [6, 6.07) is 1.56. The molecule has 0 bridgehead atoms. The van der Waals surface area contributed by atoms with Crippen molar-refractivity contribution in [2.24, 2.45) is 0 Å². The largest absolute Gasteiger partial charge is 0.314 e. The molecule has 2 N–H and O–H groups in total. The van der Waals surface area contributed by atoms with E-state index < -0.39 is 0 Å². The monoisotopic (exact) mass is 186 g/mol. The van der Waals surface area contributed by atoms with Gasteiger partial charge in [-0.1, -0.05) is 6.42 Å². The van der Waals surface area contributed by atoms with E-state index in [1.807, 2.05) is 11.8 Å². The average molecular weight is 186 g/mol.